The van der Waals surface area contributed by atoms with E-state index in [1.807, 2.05) is 6.92 Å². The number of hydrogen-bond acceptors (Lipinski definition) is 5. The Hall–Kier alpha value is -2.63. The SMILES string of the molecule is Cc1ccc2oc(C(=O)OCC(N)=O)cc(=O)c2c1. The molecule has 0 radical (unpaired) electrons. The van der Waals surface area contributed by atoms with Crippen molar-refractivity contribution in [2.24, 2.45) is 5.73 Å². The second-order valence-electron chi connectivity index (χ2n) is 4.02. The van der Waals surface area contributed by atoms with Crippen LogP contribution in [0.4, 0.5) is 0 Å². The lowest BCUT2D eigenvalue weighted by molar-refractivity contribution is -0.121. The molecule has 2 aromatic rings. The van der Waals surface area contributed by atoms with Crippen molar-refractivity contribution >= 4 is 22.8 Å². The molecule has 2 N–H and O–H groups in total. The first kappa shape index (κ1) is 12.8. The van der Waals surface area contributed by atoms with Gasteiger partial charge in [-0.25, -0.2) is 4.79 Å². The van der Waals surface area contributed by atoms with E-state index in [0.717, 1.165) is 11.6 Å². The predicted octanol–water partition coefficient (Wildman–Crippen LogP) is 0.744. The van der Waals surface area contributed by atoms with Gasteiger partial charge in [0.1, 0.15) is 5.58 Å². The van der Waals surface area contributed by atoms with Gasteiger partial charge in [-0.15, -0.1) is 0 Å². The fraction of sp³-hybridized carbons (Fsp3) is 0.154. The van der Waals surface area contributed by atoms with E-state index < -0.39 is 18.5 Å². The van der Waals surface area contributed by atoms with Crippen LogP contribution in [0.15, 0.2) is 33.5 Å². The van der Waals surface area contributed by atoms with Crippen LogP contribution in [0.25, 0.3) is 11.0 Å². The van der Waals surface area contributed by atoms with Gasteiger partial charge in [-0.2, -0.15) is 0 Å². The van der Waals surface area contributed by atoms with Gasteiger partial charge in [-0.3, -0.25) is 9.59 Å². The van der Waals surface area contributed by atoms with E-state index >= 15 is 0 Å². The van der Waals surface area contributed by atoms with E-state index in [1.165, 1.54) is 0 Å². The van der Waals surface area contributed by atoms with E-state index in [1.54, 1.807) is 18.2 Å². The molecular weight excluding hydrogens is 250 g/mol. The van der Waals surface area contributed by atoms with E-state index in [4.69, 9.17) is 10.2 Å². The highest BCUT2D eigenvalue weighted by molar-refractivity contribution is 5.90. The monoisotopic (exact) mass is 261 g/mol. The molecule has 2 rings (SSSR count). The second-order valence-corrected chi connectivity index (χ2v) is 4.02. The molecule has 0 saturated carbocycles. The topological polar surface area (TPSA) is 99.6 Å². The molecule has 1 amide bonds. The van der Waals surface area contributed by atoms with E-state index in [0.29, 0.717) is 5.39 Å². The molecule has 0 atom stereocenters. The Bertz CT molecular complexity index is 717. The quantitative estimate of drug-likeness (QED) is 0.821. The third-order valence-electron chi connectivity index (χ3n) is 2.43. The summed E-state index contributed by atoms with van der Waals surface area (Å²) in [7, 11) is 0. The molecule has 0 aliphatic heterocycles. The summed E-state index contributed by atoms with van der Waals surface area (Å²) < 4.78 is 9.84. The van der Waals surface area contributed by atoms with Gasteiger partial charge in [-0.1, -0.05) is 11.6 Å². The summed E-state index contributed by atoms with van der Waals surface area (Å²) in [5.74, 6) is -1.95. The fourth-order valence-electron chi connectivity index (χ4n) is 1.58. The average molecular weight is 261 g/mol. The number of esters is 1. The van der Waals surface area contributed by atoms with Crippen LogP contribution < -0.4 is 11.2 Å². The number of carbonyl (C=O) groups is 2. The molecule has 0 fully saturated rings. The van der Waals surface area contributed by atoms with Crippen LogP contribution in [0, 0.1) is 6.92 Å². The number of ether oxygens (including phenoxy) is 1. The lowest BCUT2D eigenvalue weighted by atomic mass is 10.1. The zero-order chi connectivity index (χ0) is 14.0. The Balaban J connectivity index is 2.41. The maximum atomic E-state index is 11.8. The van der Waals surface area contributed by atoms with Crippen LogP contribution in [0.1, 0.15) is 16.1 Å². The van der Waals surface area contributed by atoms with Gasteiger partial charge >= 0.3 is 5.97 Å². The molecule has 98 valence electrons. The van der Waals surface area contributed by atoms with E-state index in [9.17, 15) is 14.4 Å². The summed E-state index contributed by atoms with van der Waals surface area (Å²) >= 11 is 0. The van der Waals surface area contributed by atoms with E-state index in [-0.39, 0.29) is 16.8 Å². The molecule has 6 heteroatoms. The Labute approximate surface area is 107 Å². The number of fused-ring (bicyclic) bond motifs is 1. The molecule has 19 heavy (non-hydrogen) atoms. The normalized spacial score (nSPS) is 10.4. The van der Waals surface area contributed by atoms with Gasteiger partial charge in [0, 0.05) is 6.07 Å². The van der Waals surface area contributed by atoms with Crippen molar-refractivity contribution in [1.82, 2.24) is 0 Å². The van der Waals surface area contributed by atoms with Crippen molar-refractivity contribution in [3.63, 3.8) is 0 Å². The number of amides is 1. The first-order chi connectivity index (χ1) is 8.97. The Kier molecular flexibility index (Phi) is 3.33. The van der Waals surface area contributed by atoms with Crippen LogP contribution in [-0.2, 0) is 9.53 Å². The highest BCUT2D eigenvalue weighted by atomic mass is 16.5. The zero-order valence-corrected chi connectivity index (χ0v) is 10.1. The lowest BCUT2D eigenvalue weighted by Gasteiger charge is -2.03. The number of nitrogens with two attached hydrogens (primary N) is 1. The average Bonchev–Trinajstić information content (AvgIpc) is 2.36. The Morgan fingerprint density at radius 1 is 1.32 bits per heavy atom. The van der Waals surface area contributed by atoms with Crippen molar-refractivity contribution in [1.29, 1.82) is 0 Å². The standard InChI is InChI=1S/C13H11NO5/c1-7-2-3-10-8(4-7)9(15)5-11(19-10)13(17)18-6-12(14)16/h2-5H,6H2,1H3,(H2,14,16). The highest BCUT2D eigenvalue weighted by Crippen LogP contribution is 2.14. The van der Waals surface area contributed by atoms with Crippen LogP contribution in [0.3, 0.4) is 0 Å². The second kappa shape index (κ2) is 4.93. The van der Waals surface area contributed by atoms with Crippen LogP contribution in [0.5, 0.6) is 0 Å². The molecule has 0 aliphatic carbocycles. The summed E-state index contributed by atoms with van der Waals surface area (Å²) in [6.07, 6.45) is 0. The summed E-state index contributed by atoms with van der Waals surface area (Å²) in [5, 5.41) is 0.381. The van der Waals surface area contributed by atoms with Crippen molar-refractivity contribution in [2.75, 3.05) is 6.61 Å². The van der Waals surface area contributed by atoms with Crippen molar-refractivity contribution in [3.05, 3.63) is 45.8 Å². The minimum atomic E-state index is -0.904. The van der Waals surface area contributed by atoms with Gasteiger partial charge in [-0.05, 0) is 19.1 Å². The Morgan fingerprint density at radius 2 is 2.05 bits per heavy atom. The third-order valence-corrected chi connectivity index (χ3v) is 2.43. The molecule has 1 heterocycles. The molecule has 0 bridgehead atoms. The zero-order valence-electron chi connectivity index (χ0n) is 10.1. The van der Waals surface area contributed by atoms with Crippen LogP contribution in [0.2, 0.25) is 0 Å². The third kappa shape index (κ3) is 2.79. The summed E-state index contributed by atoms with van der Waals surface area (Å²) in [6.45, 7) is 1.28. The number of benzene rings is 1. The van der Waals surface area contributed by atoms with E-state index in [2.05, 4.69) is 4.74 Å². The molecule has 0 spiro atoms. The smallest absolute Gasteiger partial charge is 0.374 e. The van der Waals surface area contributed by atoms with Gasteiger partial charge < -0.3 is 14.9 Å². The van der Waals surface area contributed by atoms with Crippen molar-refractivity contribution in [3.8, 4) is 0 Å². The molecule has 1 aromatic heterocycles. The first-order valence-corrected chi connectivity index (χ1v) is 5.47. The largest absolute Gasteiger partial charge is 0.450 e. The number of primary amides is 1. The molecule has 0 saturated heterocycles. The lowest BCUT2D eigenvalue weighted by Crippen LogP contribution is -2.21. The minimum absolute atomic E-state index is 0.261. The highest BCUT2D eigenvalue weighted by Gasteiger charge is 2.14. The molecular formula is C13H11NO5. The molecule has 6 nitrogen and oxygen atoms in total. The van der Waals surface area contributed by atoms with Crippen molar-refractivity contribution in [2.45, 2.75) is 6.92 Å². The molecule has 0 unspecified atom stereocenters. The maximum Gasteiger partial charge on any atom is 0.374 e. The number of aryl methyl sites for hydroxylation is 1. The summed E-state index contributed by atoms with van der Waals surface area (Å²) in [6, 6.07) is 6.05. The van der Waals surface area contributed by atoms with Crippen LogP contribution in [-0.4, -0.2) is 18.5 Å². The number of hydrogen-bond donors (Lipinski definition) is 1. The summed E-state index contributed by atoms with van der Waals surface area (Å²) in [5.41, 5.74) is 5.68. The van der Waals surface area contributed by atoms with Gasteiger partial charge in [0.25, 0.3) is 5.91 Å². The van der Waals surface area contributed by atoms with Gasteiger partial charge in [0.2, 0.25) is 5.76 Å². The van der Waals surface area contributed by atoms with Crippen LogP contribution >= 0.6 is 0 Å². The summed E-state index contributed by atoms with van der Waals surface area (Å²) in [4.78, 5) is 33.9. The minimum Gasteiger partial charge on any atom is -0.450 e. The van der Waals surface area contributed by atoms with Gasteiger partial charge in [0.15, 0.2) is 12.0 Å². The van der Waals surface area contributed by atoms with Gasteiger partial charge in [0.05, 0.1) is 5.39 Å². The molecule has 1 aromatic carbocycles. The predicted molar refractivity (Wildman–Crippen MR) is 66.7 cm³/mol. The molecule has 0 aliphatic rings. The first-order valence-electron chi connectivity index (χ1n) is 5.47. The van der Waals surface area contributed by atoms with Crippen molar-refractivity contribution < 1.29 is 18.7 Å². The Morgan fingerprint density at radius 3 is 2.74 bits per heavy atom. The fourth-order valence-corrected chi connectivity index (χ4v) is 1.58. The maximum absolute atomic E-state index is 11.8. The number of rotatable bonds is 3. The number of carbonyl (C=O) groups excluding carboxylic acids is 2.